The van der Waals surface area contributed by atoms with Crippen molar-refractivity contribution >= 4 is 17.8 Å². The average molecular weight is 410 g/mol. The van der Waals surface area contributed by atoms with Crippen molar-refractivity contribution in [3.05, 3.63) is 54.1 Å². The van der Waals surface area contributed by atoms with E-state index in [-0.39, 0.29) is 30.2 Å². The largest absolute Gasteiger partial charge is 0.491 e. The van der Waals surface area contributed by atoms with Gasteiger partial charge in [0.15, 0.2) is 0 Å². The Bertz CT molecular complexity index is 912. The van der Waals surface area contributed by atoms with E-state index in [1.54, 1.807) is 4.90 Å². The number of nitrogens with zero attached hydrogens (tertiary/aromatic N) is 1. The number of nitrogens with one attached hydrogen (secondary N) is 1. The number of amidine groups is 1. The molecule has 0 aliphatic carbocycles. The predicted molar refractivity (Wildman–Crippen MR) is 113 cm³/mol. The normalized spacial score (nSPS) is 18.1. The summed E-state index contributed by atoms with van der Waals surface area (Å²) in [5, 5.41) is 7.46. The quantitative estimate of drug-likeness (QED) is 0.366. The van der Waals surface area contributed by atoms with E-state index < -0.39 is 6.03 Å². The molecule has 0 saturated carbocycles. The Morgan fingerprint density at radius 3 is 2.20 bits per heavy atom. The number of hydrogen-bond donors (Lipinski definition) is 3. The fourth-order valence-corrected chi connectivity index (χ4v) is 3.69. The van der Waals surface area contributed by atoms with Gasteiger partial charge in [0.05, 0.1) is 19.6 Å². The first-order chi connectivity index (χ1) is 14.4. The van der Waals surface area contributed by atoms with Gasteiger partial charge in [0, 0.05) is 12.1 Å². The van der Waals surface area contributed by atoms with Crippen LogP contribution in [0, 0.1) is 11.3 Å². The van der Waals surface area contributed by atoms with E-state index in [0.29, 0.717) is 30.9 Å². The zero-order valence-electron chi connectivity index (χ0n) is 16.8. The summed E-state index contributed by atoms with van der Waals surface area (Å²) in [5.41, 5.74) is 13.7. The molecular weight excluding hydrogens is 384 g/mol. The molecule has 1 heterocycles. The lowest BCUT2D eigenvalue weighted by molar-refractivity contribution is -0.141. The molecule has 8 nitrogen and oxygen atoms in total. The summed E-state index contributed by atoms with van der Waals surface area (Å²) in [6, 6.07) is 14.4. The SMILES string of the molecule is COC(=O)C[C@@H]1C[C@@H](COc2ccc(-c3ccc(C(=N)N)cc3)cc2)N(C(N)=O)C1. The maximum atomic E-state index is 11.7. The van der Waals surface area contributed by atoms with Crippen LogP contribution in [-0.2, 0) is 9.53 Å². The molecule has 3 rings (SSSR count). The first kappa shape index (κ1) is 21.2. The second-order valence-electron chi connectivity index (χ2n) is 7.35. The van der Waals surface area contributed by atoms with Crippen molar-refractivity contribution in [1.82, 2.24) is 4.90 Å². The molecule has 2 aromatic rings. The van der Waals surface area contributed by atoms with Crippen LogP contribution in [0.4, 0.5) is 4.79 Å². The van der Waals surface area contributed by atoms with Crippen LogP contribution in [0.2, 0.25) is 0 Å². The first-order valence-corrected chi connectivity index (χ1v) is 9.68. The van der Waals surface area contributed by atoms with Gasteiger partial charge in [0.2, 0.25) is 0 Å². The summed E-state index contributed by atoms with van der Waals surface area (Å²) in [4.78, 5) is 24.8. The molecule has 1 fully saturated rings. The van der Waals surface area contributed by atoms with E-state index in [0.717, 1.165) is 11.1 Å². The number of urea groups is 1. The molecule has 2 amide bonds. The number of esters is 1. The van der Waals surface area contributed by atoms with Crippen molar-refractivity contribution < 1.29 is 19.1 Å². The van der Waals surface area contributed by atoms with E-state index in [9.17, 15) is 9.59 Å². The molecule has 5 N–H and O–H groups in total. The Kier molecular flexibility index (Phi) is 6.56. The number of nitrogen functional groups attached to an aromatic ring is 1. The molecule has 8 heteroatoms. The van der Waals surface area contributed by atoms with E-state index in [4.69, 9.17) is 26.4 Å². The maximum absolute atomic E-state index is 11.7. The van der Waals surface area contributed by atoms with Crippen LogP contribution in [0.25, 0.3) is 11.1 Å². The number of rotatable bonds is 7. The summed E-state index contributed by atoms with van der Waals surface area (Å²) in [5.74, 6) is 0.438. The number of benzene rings is 2. The minimum Gasteiger partial charge on any atom is -0.491 e. The number of carbonyl (C=O) groups excluding carboxylic acids is 2. The molecule has 1 aliphatic heterocycles. The van der Waals surface area contributed by atoms with Crippen molar-refractivity contribution in [3.63, 3.8) is 0 Å². The van der Waals surface area contributed by atoms with Crippen molar-refractivity contribution in [1.29, 1.82) is 5.41 Å². The van der Waals surface area contributed by atoms with Crippen molar-refractivity contribution in [2.24, 2.45) is 17.4 Å². The van der Waals surface area contributed by atoms with E-state index in [1.165, 1.54) is 7.11 Å². The Morgan fingerprint density at radius 1 is 1.07 bits per heavy atom. The standard InChI is InChI=1S/C22H26N4O4/c1-29-20(27)11-14-10-18(26(12-14)22(25)28)13-30-19-8-6-16(7-9-19)15-2-4-17(5-3-15)21(23)24/h2-9,14,18H,10-13H2,1H3,(H3,23,24)(H2,25,28)/t14-,18-/m0/s1. The highest BCUT2D eigenvalue weighted by molar-refractivity contribution is 5.95. The van der Waals surface area contributed by atoms with Gasteiger partial charge in [-0.25, -0.2) is 4.79 Å². The fourth-order valence-electron chi connectivity index (χ4n) is 3.69. The van der Waals surface area contributed by atoms with Crippen molar-refractivity contribution in [3.8, 4) is 16.9 Å². The summed E-state index contributed by atoms with van der Waals surface area (Å²) < 4.78 is 10.6. The molecule has 2 atom stereocenters. The highest BCUT2D eigenvalue weighted by Gasteiger charge is 2.35. The number of nitrogens with two attached hydrogens (primary N) is 2. The van der Waals surface area contributed by atoms with Crippen LogP contribution in [0.3, 0.4) is 0 Å². The summed E-state index contributed by atoms with van der Waals surface area (Å²) in [7, 11) is 1.35. The molecule has 0 bridgehead atoms. The lowest BCUT2D eigenvalue weighted by Crippen LogP contribution is -2.42. The number of primary amides is 1. The number of amides is 2. The molecule has 0 aromatic heterocycles. The lowest BCUT2D eigenvalue weighted by Gasteiger charge is -2.22. The third-order valence-corrected chi connectivity index (χ3v) is 5.29. The van der Waals surface area contributed by atoms with Gasteiger partial charge in [-0.05, 0) is 35.6 Å². The highest BCUT2D eigenvalue weighted by Crippen LogP contribution is 2.28. The lowest BCUT2D eigenvalue weighted by atomic mass is 10.0. The van der Waals surface area contributed by atoms with Gasteiger partial charge in [-0.2, -0.15) is 0 Å². The average Bonchev–Trinajstić information content (AvgIpc) is 3.15. The van der Waals surface area contributed by atoms with Gasteiger partial charge in [0.25, 0.3) is 0 Å². The molecule has 30 heavy (non-hydrogen) atoms. The van der Waals surface area contributed by atoms with Crippen LogP contribution in [0.1, 0.15) is 18.4 Å². The van der Waals surface area contributed by atoms with Crippen molar-refractivity contribution in [2.75, 3.05) is 20.3 Å². The van der Waals surface area contributed by atoms with Crippen LogP contribution in [0.5, 0.6) is 5.75 Å². The molecule has 1 saturated heterocycles. The number of carbonyl (C=O) groups is 2. The molecule has 0 spiro atoms. The third-order valence-electron chi connectivity index (χ3n) is 5.29. The van der Waals surface area contributed by atoms with Gasteiger partial charge in [0.1, 0.15) is 18.2 Å². The highest BCUT2D eigenvalue weighted by atomic mass is 16.5. The minimum atomic E-state index is -0.514. The monoisotopic (exact) mass is 410 g/mol. The van der Waals surface area contributed by atoms with Crippen LogP contribution in [0.15, 0.2) is 48.5 Å². The van der Waals surface area contributed by atoms with Gasteiger partial charge in [-0.15, -0.1) is 0 Å². The number of hydrogen-bond acceptors (Lipinski definition) is 5. The smallest absolute Gasteiger partial charge is 0.315 e. The maximum Gasteiger partial charge on any atom is 0.315 e. The summed E-state index contributed by atoms with van der Waals surface area (Å²) in [6.07, 6.45) is 0.895. The molecular formula is C22H26N4O4. The number of ether oxygens (including phenoxy) is 2. The predicted octanol–water partition coefficient (Wildman–Crippen LogP) is 2.35. The second kappa shape index (κ2) is 9.30. The molecule has 1 aliphatic rings. The zero-order chi connectivity index (χ0) is 21.7. The Morgan fingerprint density at radius 2 is 1.67 bits per heavy atom. The van der Waals surface area contributed by atoms with Gasteiger partial charge in [-0.3, -0.25) is 10.2 Å². The third kappa shape index (κ3) is 5.08. The minimum absolute atomic E-state index is 0.0129. The van der Waals surface area contributed by atoms with Gasteiger partial charge < -0.3 is 25.8 Å². The second-order valence-corrected chi connectivity index (χ2v) is 7.35. The van der Waals surface area contributed by atoms with E-state index in [1.807, 2.05) is 48.5 Å². The van der Waals surface area contributed by atoms with Gasteiger partial charge >= 0.3 is 12.0 Å². The molecule has 2 aromatic carbocycles. The Labute approximate surface area is 175 Å². The molecule has 0 unspecified atom stereocenters. The van der Waals surface area contributed by atoms with Crippen LogP contribution < -0.4 is 16.2 Å². The number of methoxy groups -OCH3 is 1. The molecule has 158 valence electrons. The Hall–Kier alpha value is -3.55. The fraction of sp³-hybridized carbons (Fsp3) is 0.318. The van der Waals surface area contributed by atoms with Crippen molar-refractivity contribution in [2.45, 2.75) is 18.9 Å². The zero-order valence-corrected chi connectivity index (χ0v) is 16.8. The Balaban J connectivity index is 1.60. The topological polar surface area (TPSA) is 132 Å². The number of likely N-dealkylation sites (tertiary alicyclic amines) is 1. The molecule has 0 radical (unpaired) electrons. The van der Waals surface area contributed by atoms with E-state index in [2.05, 4.69) is 0 Å². The van der Waals surface area contributed by atoms with E-state index >= 15 is 0 Å². The summed E-state index contributed by atoms with van der Waals surface area (Å²) in [6.45, 7) is 0.723. The van der Waals surface area contributed by atoms with Crippen LogP contribution >= 0.6 is 0 Å². The first-order valence-electron chi connectivity index (χ1n) is 9.68. The summed E-state index contributed by atoms with van der Waals surface area (Å²) >= 11 is 0. The van der Waals surface area contributed by atoms with Gasteiger partial charge in [-0.1, -0.05) is 36.4 Å². The van der Waals surface area contributed by atoms with Crippen LogP contribution in [-0.4, -0.2) is 49.0 Å².